The van der Waals surface area contributed by atoms with E-state index in [1.165, 1.54) is 24.3 Å². The molecule has 2 amide bonds. The monoisotopic (exact) mass is 366 g/mol. The molecule has 2 aromatic carbocycles. The molecule has 0 spiro atoms. The predicted molar refractivity (Wildman–Crippen MR) is 94.9 cm³/mol. The van der Waals surface area contributed by atoms with Crippen LogP contribution in [-0.4, -0.2) is 40.8 Å². The van der Waals surface area contributed by atoms with Crippen molar-refractivity contribution in [3.05, 3.63) is 81.4 Å². The van der Waals surface area contributed by atoms with Crippen molar-refractivity contribution >= 4 is 29.5 Å². The molecule has 0 atom stereocenters. The molecule has 0 aliphatic carbocycles. The Kier molecular flexibility index (Phi) is 5.07. The first-order valence-electron chi connectivity index (χ1n) is 8.02. The van der Waals surface area contributed by atoms with Gasteiger partial charge in [-0.25, -0.2) is 4.79 Å². The Labute approximate surface area is 153 Å². The summed E-state index contributed by atoms with van der Waals surface area (Å²) in [6, 6.07) is 12.4. The molecule has 1 heterocycles. The minimum atomic E-state index is -0.732. The van der Waals surface area contributed by atoms with E-state index in [1.807, 2.05) is 0 Å². The van der Waals surface area contributed by atoms with Crippen LogP contribution in [0.5, 0.6) is 0 Å². The number of hydrogen-bond acceptors (Lipinski definition) is 6. The molecule has 1 aliphatic rings. The van der Waals surface area contributed by atoms with Crippen molar-refractivity contribution in [2.45, 2.75) is 0 Å². The van der Waals surface area contributed by atoms with Gasteiger partial charge >= 0.3 is 5.97 Å². The summed E-state index contributed by atoms with van der Waals surface area (Å²) in [6.07, 6.45) is 2.34. The van der Waals surface area contributed by atoms with Crippen LogP contribution in [0.15, 0.2) is 54.6 Å². The summed E-state index contributed by atoms with van der Waals surface area (Å²) < 4.78 is 4.98. The van der Waals surface area contributed by atoms with Gasteiger partial charge in [0, 0.05) is 12.1 Å². The third-order valence-electron chi connectivity index (χ3n) is 3.97. The highest BCUT2D eigenvalue weighted by molar-refractivity contribution is 6.21. The maximum absolute atomic E-state index is 12.2. The molecular weight excluding hydrogens is 352 g/mol. The molecule has 0 N–H and O–H groups in total. The van der Waals surface area contributed by atoms with Crippen molar-refractivity contribution in [2.24, 2.45) is 0 Å². The fraction of sp³-hybridized carbons (Fsp3) is 0.105. The highest BCUT2D eigenvalue weighted by Crippen LogP contribution is 2.22. The second kappa shape index (κ2) is 7.61. The number of fused-ring (bicyclic) bond motifs is 1. The van der Waals surface area contributed by atoms with E-state index in [-0.39, 0.29) is 24.4 Å². The quantitative estimate of drug-likeness (QED) is 0.255. The first kappa shape index (κ1) is 18.0. The average Bonchev–Trinajstić information content (AvgIpc) is 2.91. The molecule has 0 unspecified atom stereocenters. The zero-order chi connectivity index (χ0) is 19.4. The van der Waals surface area contributed by atoms with E-state index in [1.54, 1.807) is 30.3 Å². The van der Waals surface area contributed by atoms with Crippen LogP contribution < -0.4 is 0 Å². The molecular formula is C19H14N2O6. The molecule has 2 aromatic rings. The molecule has 3 rings (SSSR count). The summed E-state index contributed by atoms with van der Waals surface area (Å²) in [5.74, 6) is -1.59. The van der Waals surface area contributed by atoms with Gasteiger partial charge in [0.05, 0.1) is 28.2 Å². The molecule has 27 heavy (non-hydrogen) atoms. The van der Waals surface area contributed by atoms with E-state index in [0.717, 1.165) is 11.0 Å². The Morgan fingerprint density at radius 3 is 2.26 bits per heavy atom. The molecule has 136 valence electrons. The standard InChI is InChI=1S/C19H14N2O6/c22-17(10-9-13-5-1-4-8-16(13)21(25)26)27-12-11-20-18(23)14-6-2-3-7-15(14)19(20)24/h1-10H,11-12H2/b10-9+. The Morgan fingerprint density at radius 1 is 1.04 bits per heavy atom. The number of amides is 2. The van der Waals surface area contributed by atoms with Crippen molar-refractivity contribution in [3.63, 3.8) is 0 Å². The molecule has 0 bridgehead atoms. The number of carbonyl (C=O) groups excluding carboxylic acids is 3. The molecule has 0 saturated carbocycles. The van der Waals surface area contributed by atoms with Gasteiger partial charge in [0.25, 0.3) is 17.5 Å². The van der Waals surface area contributed by atoms with Gasteiger partial charge in [0.1, 0.15) is 6.61 Å². The third kappa shape index (κ3) is 3.74. The molecule has 1 aliphatic heterocycles. The van der Waals surface area contributed by atoms with Crippen molar-refractivity contribution in [2.75, 3.05) is 13.2 Å². The zero-order valence-corrected chi connectivity index (χ0v) is 14.0. The second-order valence-electron chi connectivity index (χ2n) is 5.62. The largest absolute Gasteiger partial charge is 0.461 e. The number of rotatable bonds is 6. The summed E-state index contributed by atoms with van der Waals surface area (Å²) in [7, 11) is 0. The Hall–Kier alpha value is -3.81. The summed E-state index contributed by atoms with van der Waals surface area (Å²) >= 11 is 0. The Bertz CT molecular complexity index is 931. The number of imide groups is 1. The van der Waals surface area contributed by atoms with Crippen molar-refractivity contribution in [1.82, 2.24) is 4.90 Å². The van der Waals surface area contributed by atoms with E-state index in [4.69, 9.17) is 4.74 Å². The maximum Gasteiger partial charge on any atom is 0.330 e. The zero-order valence-electron chi connectivity index (χ0n) is 14.0. The normalized spacial score (nSPS) is 13.1. The Morgan fingerprint density at radius 2 is 1.63 bits per heavy atom. The van der Waals surface area contributed by atoms with Gasteiger partial charge in [-0.2, -0.15) is 0 Å². The van der Waals surface area contributed by atoms with Crippen molar-refractivity contribution < 1.29 is 24.0 Å². The van der Waals surface area contributed by atoms with Crippen LogP contribution in [0.2, 0.25) is 0 Å². The first-order valence-corrected chi connectivity index (χ1v) is 8.02. The lowest BCUT2D eigenvalue weighted by Crippen LogP contribution is -2.33. The van der Waals surface area contributed by atoms with Crippen LogP contribution in [0.25, 0.3) is 6.08 Å². The van der Waals surface area contributed by atoms with Crippen LogP contribution in [0.3, 0.4) is 0 Å². The molecule has 0 saturated heterocycles. The van der Waals surface area contributed by atoms with Crippen LogP contribution in [-0.2, 0) is 9.53 Å². The summed E-state index contributed by atoms with van der Waals surface area (Å²) in [5.41, 5.74) is 0.780. The molecule has 8 heteroatoms. The van der Waals surface area contributed by atoms with Gasteiger partial charge in [-0.05, 0) is 24.3 Å². The summed E-state index contributed by atoms with van der Waals surface area (Å²) in [5, 5.41) is 10.9. The number of esters is 1. The second-order valence-corrected chi connectivity index (χ2v) is 5.62. The van der Waals surface area contributed by atoms with Crippen LogP contribution in [0.4, 0.5) is 5.69 Å². The fourth-order valence-electron chi connectivity index (χ4n) is 2.68. The number of para-hydroxylation sites is 1. The number of ether oxygens (including phenoxy) is 1. The SMILES string of the molecule is O=C(/C=C/c1ccccc1[N+](=O)[O-])OCCN1C(=O)c2ccccc2C1=O. The lowest BCUT2D eigenvalue weighted by molar-refractivity contribution is -0.385. The lowest BCUT2D eigenvalue weighted by Gasteiger charge is -2.13. The van der Waals surface area contributed by atoms with E-state index in [2.05, 4.69) is 0 Å². The van der Waals surface area contributed by atoms with Gasteiger partial charge in [-0.1, -0.05) is 24.3 Å². The molecule has 0 radical (unpaired) electrons. The topological polar surface area (TPSA) is 107 Å². The van der Waals surface area contributed by atoms with Crippen molar-refractivity contribution in [1.29, 1.82) is 0 Å². The van der Waals surface area contributed by atoms with Gasteiger partial charge in [0.2, 0.25) is 0 Å². The van der Waals surface area contributed by atoms with Gasteiger partial charge in [-0.15, -0.1) is 0 Å². The molecule has 0 aromatic heterocycles. The smallest absolute Gasteiger partial charge is 0.330 e. The molecule has 0 fully saturated rings. The summed E-state index contributed by atoms with van der Waals surface area (Å²) in [4.78, 5) is 47.5. The number of nitrogens with zero attached hydrogens (tertiary/aromatic N) is 2. The highest BCUT2D eigenvalue weighted by atomic mass is 16.6. The lowest BCUT2D eigenvalue weighted by atomic mass is 10.1. The van der Waals surface area contributed by atoms with E-state index >= 15 is 0 Å². The summed E-state index contributed by atoms with van der Waals surface area (Å²) in [6.45, 7) is -0.247. The number of carbonyl (C=O) groups is 3. The van der Waals surface area contributed by atoms with E-state index in [9.17, 15) is 24.5 Å². The number of nitro groups is 1. The van der Waals surface area contributed by atoms with Crippen LogP contribution >= 0.6 is 0 Å². The number of benzene rings is 2. The van der Waals surface area contributed by atoms with Gasteiger partial charge < -0.3 is 4.74 Å². The minimum Gasteiger partial charge on any atom is -0.461 e. The maximum atomic E-state index is 12.2. The van der Waals surface area contributed by atoms with Crippen molar-refractivity contribution in [3.8, 4) is 0 Å². The highest BCUT2D eigenvalue weighted by Gasteiger charge is 2.34. The first-order chi connectivity index (χ1) is 13.0. The van der Waals surface area contributed by atoms with Gasteiger partial charge in [0.15, 0.2) is 0 Å². The minimum absolute atomic E-state index is 0.0720. The van der Waals surface area contributed by atoms with E-state index in [0.29, 0.717) is 11.1 Å². The number of hydrogen-bond donors (Lipinski definition) is 0. The fourth-order valence-corrected chi connectivity index (χ4v) is 2.68. The third-order valence-corrected chi connectivity index (χ3v) is 3.97. The van der Waals surface area contributed by atoms with Gasteiger partial charge in [-0.3, -0.25) is 24.6 Å². The number of nitro benzene ring substituents is 1. The predicted octanol–water partition coefficient (Wildman–Crippen LogP) is 2.45. The van der Waals surface area contributed by atoms with Crippen LogP contribution in [0, 0.1) is 10.1 Å². The Balaban J connectivity index is 1.56. The molecule has 8 nitrogen and oxygen atoms in total. The average molecular weight is 366 g/mol. The van der Waals surface area contributed by atoms with Crippen LogP contribution in [0.1, 0.15) is 26.3 Å². The van der Waals surface area contributed by atoms with E-state index < -0.39 is 22.7 Å².